The van der Waals surface area contributed by atoms with Crippen molar-refractivity contribution in [2.45, 2.75) is 101 Å². The summed E-state index contributed by atoms with van der Waals surface area (Å²) in [6, 6.07) is 12.3. The van der Waals surface area contributed by atoms with Crippen LogP contribution >= 0.6 is 0 Å². The molecule has 0 radical (unpaired) electrons. The molecule has 2 aliphatic heterocycles. The van der Waals surface area contributed by atoms with Crippen LogP contribution in [0.5, 0.6) is 0 Å². The van der Waals surface area contributed by atoms with Crippen molar-refractivity contribution in [1.29, 1.82) is 0 Å². The summed E-state index contributed by atoms with van der Waals surface area (Å²) in [4.78, 5) is 28.3. The van der Waals surface area contributed by atoms with Gasteiger partial charge in [-0.25, -0.2) is 0 Å². The van der Waals surface area contributed by atoms with Gasteiger partial charge in [0, 0.05) is 43.7 Å². The number of amides is 2. The van der Waals surface area contributed by atoms with Crippen LogP contribution in [0.4, 0.5) is 13.2 Å². The van der Waals surface area contributed by atoms with Crippen LogP contribution < -0.4 is 0 Å². The highest BCUT2D eigenvalue weighted by Gasteiger charge is 2.50. The van der Waals surface area contributed by atoms with E-state index in [1.54, 1.807) is 0 Å². The van der Waals surface area contributed by atoms with E-state index in [1.807, 2.05) is 60.2 Å². The van der Waals surface area contributed by atoms with Crippen LogP contribution in [0.15, 0.2) is 36.4 Å². The van der Waals surface area contributed by atoms with Crippen LogP contribution in [-0.4, -0.2) is 77.5 Å². The third-order valence-electron chi connectivity index (χ3n) is 8.59. The van der Waals surface area contributed by atoms with E-state index in [0.29, 0.717) is 12.0 Å². The monoisotopic (exact) mass is 523 g/mol. The minimum atomic E-state index is -4.04. The Hall–Kier alpha value is -2.09. The molecule has 0 bridgehead atoms. The van der Waals surface area contributed by atoms with Crippen LogP contribution in [-0.2, 0) is 9.59 Å². The van der Waals surface area contributed by atoms with Crippen molar-refractivity contribution in [1.82, 2.24) is 14.7 Å². The molecular weight excluding hydrogens is 479 g/mol. The van der Waals surface area contributed by atoms with E-state index in [9.17, 15) is 22.8 Å². The number of likely N-dealkylation sites (tertiary alicyclic amines) is 2. The molecule has 1 atom stereocenters. The summed E-state index contributed by atoms with van der Waals surface area (Å²) < 4.78 is 37.6. The Morgan fingerprint density at radius 2 is 1.57 bits per heavy atom. The number of rotatable bonds is 7. The largest absolute Gasteiger partial charge is 0.391 e. The number of hydrogen-bond donors (Lipinski definition) is 0. The van der Waals surface area contributed by atoms with Crippen LogP contribution in [0.2, 0.25) is 0 Å². The lowest BCUT2D eigenvalue weighted by atomic mass is 9.78. The second-order valence-corrected chi connectivity index (χ2v) is 11.1. The van der Waals surface area contributed by atoms with Crippen LogP contribution in [0.25, 0.3) is 0 Å². The summed E-state index contributed by atoms with van der Waals surface area (Å²) in [5, 5.41) is 0. The SMILES string of the molecule is CC(CCCC(=O)N1CCCC1)N(C)C1CC(C(F)(F)F)C1.O=CN1CCCC12CC2.c1ccccc1. The Kier molecular flexibility index (Phi) is 10.9. The van der Waals surface area contributed by atoms with Gasteiger partial charge in [0.15, 0.2) is 0 Å². The molecule has 4 fully saturated rings. The van der Waals surface area contributed by atoms with E-state index >= 15 is 0 Å². The molecule has 1 aromatic rings. The zero-order valence-corrected chi connectivity index (χ0v) is 22.5. The molecule has 0 N–H and O–H groups in total. The average molecular weight is 524 g/mol. The summed E-state index contributed by atoms with van der Waals surface area (Å²) in [6.07, 6.45) is 6.85. The zero-order chi connectivity index (χ0) is 26.9. The number of nitrogens with zero attached hydrogens (tertiary/aromatic N) is 3. The Labute approximate surface area is 220 Å². The number of alkyl halides is 3. The molecule has 1 aromatic carbocycles. The first-order valence-electron chi connectivity index (χ1n) is 13.9. The second-order valence-electron chi connectivity index (χ2n) is 11.1. The topological polar surface area (TPSA) is 43.9 Å². The van der Waals surface area contributed by atoms with Gasteiger partial charge in [0.25, 0.3) is 0 Å². The molecule has 5 nitrogen and oxygen atoms in total. The molecule has 37 heavy (non-hydrogen) atoms. The van der Waals surface area contributed by atoms with Gasteiger partial charge in [-0.1, -0.05) is 36.4 Å². The molecule has 0 aromatic heterocycles. The molecule has 2 heterocycles. The van der Waals surface area contributed by atoms with Gasteiger partial charge in [0.1, 0.15) is 0 Å². The van der Waals surface area contributed by atoms with Crippen molar-refractivity contribution < 1.29 is 22.8 Å². The first-order chi connectivity index (χ1) is 17.7. The van der Waals surface area contributed by atoms with Crippen LogP contribution in [0, 0.1) is 5.92 Å². The van der Waals surface area contributed by atoms with Crippen molar-refractivity contribution in [2.75, 3.05) is 26.7 Å². The highest BCUT2D eigenvalue weighted by Crippen LogP contribution is 2.48. The Bertz CT molecular complexity index is 793. The van der Waals surface area contributed by atoms with E-state index in [1.165, 1.54) is 25.7 Å². The van der Waals surface area contributed by atoms with E-state index in [0.717, 1.165) is 51.7 Å². The van der Waals surface area contributed by atoms with Gasteiger partial charge < -0.3 is 14.7 Å². The van der Waals surface area contributed by atoms with E-state index in [2.05, 4.69) is 4.90 Å². The summed E-state index contributed by atoms with van der Waals surface area (Å²) >= 11 is 0. The van der Waals surface area contributed by atoms with Gasteiger partial charge in [-0.15, -0.1) is 0 Å². The second kappa shape index (κ2) is 13.6. The molecule has 4 aliphatic rings. The first kappa shape index (κ1) is 29.5. The lowest BCUT2D eigenvalue weighted by Crippen LogP contribution is -2.50. The summed E-state index contributed by atoms with van der Waals surface area (Å²) in [5.41, 5.74) is 0.377. The lowest BCUT2D eigenvalue weighted by Gasteiger charge is -2.44. The third-order valence-corrected chi connectivity index (χ3v) is 8.59. The van der Waals surface area contributed by atoms with Gasteiger partial charge >= 0.3 is 6.18 Å². The normalized spacial score (nSPS) is 24.5. The number of benzene rings is 1. The molecule has 5 rings (SSSR count). The van der Waals surface area contributed by atoms with E-state index in [4.69, 9.17) is 0 Å². The van der Waals surface area contributed by atoms with Crippen LogP contribution in [0.3, 0.4) is 0 Å². The van der Waals surface area contributed by atoms with Crippen LogP contribution in [0.1, 0.15) is 77.6 Å². The Morgan fingerprint density at radius 3 is 2.03 bits per heavy atom. The zero-order valence-electron chi connectivity index (χ0n) is 22.5. The van der Waals surface area contributed by atoms with Gasteiger partial charge in [-0.3, -0.25) is 9.59 Å². The molecule has 2 saturated carbocycles. The molecule has 1 spiro atoms. The molecule has 2 aliphatic carbocycles. The maximum atomic E-state index is 12.5. The first-order valence-corrected chi connectivity index (χ1v) is 13.9. The van der Waals surface area contributed by atoms with Gasteiger partial charge in [0.2, 0.25) is 12.3 Å². The molecular formula is C29H44F3N3O2. The fraction of sp³-hybridized carbons (Fsp3) is 0.724. The van der Waals surface area contributed by atoms with Crippen molar-refractivity contribution in [3.8, 4) is 0 Å². The van der Waals surface area contributed by atoms with E-state index < -0.39 is 12.1 Å². The van der Waals surface area contributed by atoms with Gasteiger partial charge in [-0.2, -0.15) is 13.2 Å². The number of carbonyl (C=O) groups excluding carboxylic acids is 2. The molecule has 2 saturated heterocycles. The Morgan fingerprint density at radius 1 is 1.00 bits per heavy atom. The smallest absolute Gasteiger partial charge is 0.343 e. The minimum Gasteiger partial charge on any atom is -0.343 e. The number of carbonyl (C=O) groups is 2. The predicted molar refractivity (Wildman–Crippen MR) is 140 cm³/mol. The average Bonchev–Trinajstić information content (AvgIpc) is 3.24. The van der Waals surface area contributed by atoms with Crippen molar-refractivity contribution in [2.24, 2.45) is 5.92 Å². The van der Waals surface area contributed by atoms with Crippen molar-refractivity contribution in [3.63, 3.8) is 0 Å². The Balaban J connectivity index is 0.000000203. The number of halogens is 3. The molecule has 2 amide bonds. The fourth-order valence-corrected chi connectivity index (χ4v) is 5.61. The minimum absolute atomic E-state index is 0.0379. The highest BCUT2D eigenvalue weighted by molar-refractivity contribution is 5.76. The molecule has 8 heteroatoms. The van der Waals surface area contributed by atoms with Gasteiger partial charge in [0.05, 0.1) is 5.92 Å². The molecule has 208 valence electrons. The lowest BCUT2D eigenvalue weighted by molar-refractivity contribution is -0.207. The van der Waals surface area contributed by atoms with Gasteiger partial charge in [-0.05, 0) is 78.2 Å². The standard InChI is InChI=1S/C16H27F3N2O.C7H11NO.C6H6/c1-12(6-5-7-15(22)21-8-3-4-9-21)20(2)14-10-13(11-14)16(17,18)19;9-6-8-5-1-2-7(8)3-4-7;1-2-4-6-5-3-1/h12-14H,3-11H2,1-2H3;6H,1-5H2;1-6H. The number of hydrogen-bond acceptors (Lipinski definition) is 3. The van der Waals surface area contributed by atoms with Crippen molar-refractivity contribution >= 4 is 12.3 Å². The third kappa shape index (κ3) is 8.72. The van der Waals surface area contributed by atoms with Crippen molar-refractivity contribution in [3.05, 3.63) is 36.4 Å². The molecule has 1 unspecified atom stereocenters. The fourth-order valence-electron chi connectivity index (χ4n) is 5.61. The summed E-state index contributed by atoms with van der Waals surface area (Å²) in [5.74, 6) is -0.892. The maximum absolute atomic E-state index is 12.5. The summed E-state index contributed by atoms with van der Waals surface area (Å²) in [7, 11) is 1.91. The maximum Gasteiger partial charge on any atom is 0.391 e. The predicted octanol–water partition coefficient (Wildman–Crippen LogP) is 5.90. The summed E-state index contributed by atoms with van der Waals surface area (Å²) in [6.45, 7) is 4.81. The quantitative estimate of drug-likeness (QED) is 0.418. The highest BCUT2D eigenvalue weighted by atomic mass is 19.4. The van der Waals surface area contributed by atoms with E-state index in [-0.39, 0.29) is 30.8 Å².